The topological polar surface area (TPSA) is 71.3 Å². The zero-order valence-corrected chi connectivity index (χ0v) is 18.1. The molecule has 0 fully saturated rings. The van der Waals surface area contributed by atoms with Crippen LogP contribution < -0.4 is 14.8 Å². The van der Waals surface area contributed by atoms with Crippen molar-refractivity contribution in [2.75, 3.05) is 12.4 Å². The van der Waals surface area contributed by atoms with E-state index >= 15 is 0 Å². The fourth-order valence-electron chi connectivity index (χ4n) is 2.65. The molecular formula is C24H18BrFN2O3. The lowest BCUT2D eigenvalue weighted by Crippen LogP contribution is -2.13. The van der Waals surface area contributed by atoms with Crippen molar-refractivity contribution in [1.82, 2.24) is 0 Å². The van der Waals surface area contributed by atoms with Gasteiger partial charge in [-0.2, -0.15) is 5.26 Å². The molecule has 0 saturated heterocycles. The van der Waals surface area contributed by atoms with Gasteiger partial charge in [-0.05, 0) is 81.7 Å². The van der Waals surface area contributed by atoms with Gasteiger partial charge in [0.2, 0.25) is 0 Å². The maximum Gasteiger partial charge on any atom is 0.266 e. The minimum Gasteiger partial charge on any atom is -0.497 e. The third kappa shape index (κ3) is 6.17. The summed E-state index contributed by atoms with van der Waals surface area (Å²) in [5.74, 6) is 0.439. The number of carbonyl (C=O) groups is 1. The molecule has 3 aromatic rings. The molecule has 0 aliphatic carbocycles. The minimum atomic E-state index is -0.513. The summed E-state index contributed by atoms with van der Waals surface area (Å²) < 4.78 is 24.5. The summed E-state index contributed by atoms with van der Waals surface area (Å²) in [5.41, 5.74) is 2.00. The van der Waals surface area contributed by atoms with E-state index in [2.05, 4.69) is 21.2 Å². The number of carbonyl (C=O) groups excluding carboxylic acids is 1. The Balaban J connectivity index is 1.68. The van der Waals surface area contributed by atoms with Crippen LogP contribution in [0.4, 0.5) is 10.1 Å². The van der Waals surface area contributed by atoms with Gasteiger partial charge in [-0.1, -0.05) is 18.2 Å². The minimum absolute atomic E-state index is 0.0392. The Hall–Kier alpha value is -3.63. The molecule has 0 unspecified atom stereocenters. The first-order chi connectivity index (χ1) is 15.0. The first-order valence-electron chi connectivity index (χ1n) is 9.22. The summed E-state index contributed by atoms with van der Waals surface area (Å²) in [4.78, 5) is 12.4. The zero-order valence-electron chi connectivity index (χ0n) is 16.6. The van der Waals surface area contributed by atoms with Crippen LogP contribution in [0.1, 0.15) is 11.1 Å². The van der Waals surface area contributed by atoms with Crippen molar-refractivity contribution in [1.29, 1.82) is 5.26 Å². The first-order valence-corrected chi connectivity index (χ1v) is 10.0. The summed E-state index contributed by atoms with van der Waals surface area (Å²) in [6.45, 7) is 0.280. The van der Waals surface area contributed by atoms with E-state index in [4.69, 9.17) is 9.47 Å². The number of ether oxygens (including phenoxy) is 2. The predicted molar refractivity (Wildman–Crippen MR) is 120 cm³/mol. The molecule has 0 radical (unpaired) electrons. The van der Waals surface area contributed by atoms with Crippen LogP contribution in [0.15, 0.2) is 76.8 Å². The average molecular weight is 481 g/mol. The molecule has 0 aromatic heterocycles. The maximum absolute atomic E-state index is 13.0. The molecule has 0 aliphatic rings. The van der Waals surface area contributed by atoms with E-state index in [0.29, 0.717) is 27.2 Å². The molecular weight excluding hydrogens is 463 g/mol. The molecule has 5 nitrogen and oxygen atoms in total. The molecule has 1 amide bonds. The normalized spacial score (nSPS) is 10.8. The number of nitriles is 1. The van der Waals surface area contributed by atoms with Gasteiger partial charge in [0.25, 0.3) is 5.91 Å². The van der Waals surface area contributed by atoms with Gasteiger partial charge < -0.3 is 14.8 Å². The van der Waals surface area contributed by atoms with Crippen molar-refractivity contribution in [2.45, 2.75) is 6.61 Å². The van der Waals surface area contributed by atoms with Crippen LogP contribution in [0, 0.1) is 17.1 Å². The molecule has 0 spiro atoms. The third-order valence-corrected chi connectivity index (χ3v) is 4.91. The molecule has 3 aromatic carbocycles. The number of halogens is 2. The highest BCUT2D eigenvalue weighted by atomic mass is 79.9. The van der Waals surface area contributed by atoms with Crippen LogP contribution in [-0.2, 0) is 11.4 Å². The second-order valence-corrected chi connectivity index (χ2v) is 7.31. The second kappa shape index (κ2) is 10.4. The molecule has 0 aliphatic heterocycles. The largest absolute Gasteiger partial charge is 0.497 e. The summed E-state index contributed by atoms with van der Waals surface area (Å²) in [6.07, 6.45) is 1.49. The maximum atomic E-state index is 13.0. The highest BCUT2D eigenvalue weighted by Gasteiger charge is 2.11. The van der Waals surface area contributed by atoms with E-state index in [-0.39, 0.29) is 18.0 Å². The van der Waals surface area contributed by atoms with Crippen LogP contribution >= 0.6 is 15.9 Å². The number of hydrogen-bond donors (Lipinski definition) is 1. The van der Waals surface area contributed by atoms with E-state index in [1.54, 1.807) is 61.7 Å². The molecule has 7 heteroatoms. The van der Waals surface area contributed by atoms with Crippen LogP contribution in [0.2, 0.25) is 0 Å². The SMILES string of the molecule is COc1ccc(NC(=O)C(C#N)=Cc2ccc(OCc3ccc(F)cc3)c(Br)c2)cc1. The van der Waals surface area contributed by atoms with E-state index in [0.717, 1.165) is 5.56 Å². The smallest absolute Gasteiger partial charge is 0.266 e. The van der Waals surface area contributed by atoms with E-state index in [9.17, 15) is 14.4 Å². The van der Waals surface area contributed by atoms with Crippen LogP contribution in [0.5, 0.6) is 11.5 Å². The zero-order chi connectivity index (χ0) is 22.2. The number of methoxy groups -OCH3 is 1. The van der Waals surface area contributed by atoms with Crippen molar-refractivity contribution in [3.8, 4) is 17.6 Å². The van der Waals surface area contributed by atoms with E-state index in [1.807, 2.05) is 6.07 Å². The molecule has 0 heterocycles. The first kappa shape index (κ1) is 22.1. The molecule has 156 valence electrons. The molecule has 0 saturated carbocycles. The Bertz CT molecular complexity index is 1140. The van der Waals surface area contributed by atoms with Crippen molar-refractivity contribution in [3.05, 3.63) is 93.7 Å². The number of nitrogens with one attached hydrogen (secondary N) is 1. The molecule has 3 rings (SSSR count). The van der Waals surface area contributed by atoms with Crippen LogP contribution in [0.3, 0.4) is 0 Å². The lowest BCUT2D eigenvalue weighted by atomic mass is 10.1. The van der Waals surface area contributed by atoms with Crippen molar-refractivity contribution in [2.24, 2.45) is 0 Å². The Kier molecular flexibility index (Phi) is 7.41. The lowest BCUT2D eigenvalue weighted by Gasteiger charge is -2.09. The van der Waals surface area contributed by atoms with Gasteiger partial charge >= 0.3 is 0 Å². The van der Waals surface area contributed by atoms with Crippen LogP contribution in [0.25, 0.3) is 6.08 Å². The summed E-state index contributed by atoms with van der Waals surface area (Å²) in [6, 6.07) is 20.0. The second-order valence-electron chi connectivity index (χ2n) is 6.46. The van der Waals surface area contributed by atoms with Gasteiger partial charge in [-0.25, -0.2) is 4.39 Å². The molecule has 0 atom stereocenters. The Morgan fingerprint density at radius 1 is 1.13 bits per heavy atom. The Morgan fingerprint density at radius 2 is 1.84 bits per heavy atom. The predicted octanol–water partition coefficient (Wildman–Crippen LogP) is 5.72. The Labute approximate surface area is 187 Å². The Morgan fingerprint density at radius 3 is 2.45 bits per heavy atom. The molecule has 31 heavy (non-hydrogen) atoms. The van der Waals surface area contributed by atoms with Gasteiger partial charge in [0.05, 0.1) is 11.6 Å². The summed E-state index contributed by atoms with van der Waals surface area (Å²) in [5, 5.41) is 12.1. The third-order valence-electron chi connectivity index (χ3n) is 4.29. The molecule has 1 N–H and O–H groups in total. The van der Waals surface area contributed by atoms with E-state index in [1.165, 1.54) is 18.2 Å². The van der Waals surface area contributed by atoms with Gasteiger partial charge in [-0.15, -0.1) is 0 Å². The summed E-state index contributed by atoms with van der Waals surface area (Å²) >= 11 is 3.44. The lowest BCUT2D eigenvalue weighted by molar-refractivity contribution is -0.112. The number of anilines is 1. The number of benzene rings is 3. The fourth-order valence-corrected chi connectivity index (χ4v) is 3.16. The fraction of sp³-hybridized carbons (Fsp3) is 0.0833. The van der Waals surface area contributed by atoms with Gasteiger partial charge in [0, 0.05) is 5.69 Å². The van der Waals surface area contributed by atoms with Crippen LogP contribution in [-0.4, -0.2) is 13.0 Å². The van der Waals surface area contributed by atoms with Gasteiger partial charge in [-0.3, -0.25) is 4.79 Å². The number of hydrogen-bond acceptors (Lipinski definition) is 4. The van der Waals surface area contributed by atoms with Crippen molar-refractivity contribution in [3.63, 3.8) is 0 Å². The van der Waals surface area contributed by atoms with E-state index < -0.39 is 5.91 Å². The van der Waals surface area contributed by atoms with Gasteiger partial charge in [0.15, 0.2) is 0 Å². The van der Waals surface area contributed by atoms with Crippen molar-refractivity contribution >= 4 is 33.6 Å². The average Bonchev–Trinajstić information content (AvgIpc) is 2.78. The standard InChI is InChI=1S/C24H18BrFN2O3/c1-30-21-9-7-20(8-10-21)28-24(29)18(14-27)12-17-4-11-23(22(25)13-17)31-15-16-2-5-19(26)6-3-16/h2-13H,15H2,1H3,(H,28,29). The number of rotatable bonds is 7. The highest BCUT2D eigenvalue weighted by molar-refractivity contribution is 9.10. The molecule has 0 bridgehead atoms. The quantitative estimate of drug-likeness (QED) is 0.346. The van der Waals surface area contributed by atoms with Gasteiger partial charge in [0.1, 0.15) is 35.6 Å². The number of nitrogens with zero attached hydrogens (tertiary/aromatic N) is 1. The highest BCUT2D eigenvalue weighted by Crippen LogP contribution is 2.28. The van der Waals surface area contributed by atoms with Crippen molar-refractivity contribution < 1.29 is 18.7 Å². The monoisotopic (exact) mass is 480 g/mol. The summed E-state index contributed by atoms with van der Waals surface area (Å²) in [7, 11) is 1.56. The number of amides is 1.